The fourth-order valence-electron chi connectivity index (χ4n) is 2.27. The summed E-state index contributed by atoms with van der Waals surface area (Å²) in [5, 5.41) is 0. The molecule has 1 rings (SSSR count). The highest BCUT2D eigenvalue weighted by Crippen LogP contribution is 2.44. The molecule has 72 valence electrons. The maximum Gasteiger partial charge on any atom is -0.0354 e. The van der Waals surface area contributed by atoms with E-state index in [1.165, 1.54) is 25.7 Å². The molecule has 0 saturated heterocycles. The molecule has 1 fully saturated rings. The highest BCUT2D eigenvalue weighted by atomic mass is 14.4. The monoisotopic (exact) mass is 168 g/mol. The summed E-state index contributed by atoms with van der Waals surface area (Å²) in [5.41, 5.74) is 1.16. The molecule has 0 unspecified atom stereocenters. The van der Waals surface area contributed by atoms with Crippen LogP contribution in [-0.4, -0.2) is 0 Å². The van der Waals surface area contributed by atoms with Crippen LogP contribution in [0.15, 0.2) is 0 Å². The van der Waals surface area contributed by atoms with Gasteiger partial charge in [0.05, 0.1) is 0 Å². The summed E-state index contributed by atoms with van der Waals surface area (Å²) in [6, 6.07) is 0. The molecule has 1 aliphatic rings. The van der Waals surface area contributed by atoms with Gasteiger partial charge in [0.25, 0.3) is 0 Å². The SMILES string of the molecule is CC1(C)CCC(C(C)(C)C)CC1. The third-order valence-electron chi connectivity index (χ3n) is 3.56. The Kier molecular flexibility index (Phi) is 2.56. The van der Waals surface area contributed by atoms with Crippen LogP contribution in [0.4, 0.5) is 0 Å². The molecule has 0 aromatic heterocycles. The second-order valence-electron chi connectivity index (χ2n) is 6.30. The average molecular weight is 168 g/mol. The molecule has 0 aliphatic heterocycles. The first kappa shape index (κ1) is 10.1. The van der Waals surface area contributed by atoms with Crippen LogP contribution in [0.3, 0.4) is 0 Å². The van der Waals surface area contributed by atoms with E-state index in [0.29, 0.717) is 10.8 Å². The molecule has 0 aromatic carbocycles. The van der Waals surface area contributed by atoms with E-state index in [1.807, 2.05) is 0 Å². The topological polar surface area (TPSA) is 0 Å². The fourth-order valence-corrected chi connectivity index (χ4v) is 2.27. The molecule has 0 bridgehead atoms. The summed E-state index contributed by atoms with van der Waals surface area (Å²) in [4.78, 5) is 0. The van der Waals surface area contributed by atoms with Crippen molar-refractivity contribution in [2.45, 2.75) is 60.3 Å². The van der Waals surface area contributed by atoms with Gasteiger partial charge < -0.3 is 0 Å². The molecule has 0 atom stereocenters. The average Bonchev–Trinajstić information content (AvgIpc) is 1.83. The molecular formula is C12H24. The summed E-state index contributed by atoms with van der Waals surface area (Å²) in [7, 11) is 0. The van der Waals surface area contributed by atoms with E-state index in [-0.39, 0.29) is 0 Å². The van der Waals surface area contributed by atoms with Gasteiger partial charge in [-0.05, 0) is 42.4 Å². The van der Waals surface area contributed by atoms with Crippen molar-refractivity contribution in [3.8, 4) is 0 Å². The van der Waals surface area contributed by atoms with E-state index in [0.717, 1.165) is 5.92 Å². The Bertz CT molecular complexity index is 138. The van der Waals surface area contributed by atoms with E-state index in [9.17, 15) is 0 Å². The van der Waals surface area contributed by atoms with E-state index in [4.69, 9.17) is 0 Å². The Balaban J connectivity index is 2.47. The summed E-state index contributed by atoms with van der Waals surface area (Å²) in [6.45, 7) is 12.0. The van der Waals surface area contributed by atoms with Gasteiger partial charge in [-0.2, -0.15) is 0 Å². The van der Waals surface area contributed by atoms with Gasteiger partial charge in [0, 0.05) is 0 Å². The molecule has 0 heterocycles. The van der Waals surface area contributed by atoms with Gasteiger partial charge in [-0.3, -0.25) is 0 Å². The van der Waals surface area contributed by atoms with Crippen LogP contribution in [0, 0.1) is 16.7 Å². The predicted octanol–water partition coefficient (Wildman–Crippen LogP) is 4.25. The fraction of sp³-hybridized carbons (Fsp3) is 1.00. The van der Waals surface area contributed by atoms with Gasteiger partial charge >= 0.3 is 0 Å². The van der Waals surface area contributed by atoms with Gasteiger partial charge in [-0.25, -0.2) is 0 Å². The van der Waals surface area contributed by atoms with Crippen LogP contribution in [0.1, 0.15) is 60.3 Å². The van der Waals surface area contributed by atoms with E-state index in [2.05, 4.69) is 34.6 Å². The third kappa shape index (κ3) is 2.50. The molecule has 0 aromatic rings. The number of hydrogen-bond donors (Lipinski definition) is 0. The highest BCUT2D eigenvalue weighted by Gasteiger charge is 2.32. The second-order valence-corrected chi connectivity index (χ2v) is 6.30. The van der Waals surface area contributed by atoms with Crippen molar-refractivity contribution >= 4 is 0 Å². The van der Waals surface area contributed by atoms with Gasteiger partial charge in [-0.1, -0.05) is 34.6 Å². The van der Waals surface area contributed by atoms with Crippen LogP contribution in [-0.2, 0) is 0 Å². The molecule has 0 amide bonds. The quantitative estimate of drug-likeness (QED) is 0.507. The van der Waals surface area contributed by atoms with Crippen molar-refractivity contribution in [2.24, 2.45) is 16.7 Å². The normalized spacial score (nSPS) is 25.8. The summed E-state index contributed by atoms with van der Waals surface area (Å²) >= 11 is 0. The second kappa shape index (κ2) is 3.05. The lowest BCUT2D eigenvalue weighted by molar-refractivity contribution is 0.111. The molecule has 1 aliphatic carbocycles. The number of hydrogen-bond acceptors (Lipinski definition) is 0. The van der Waals surface area contributed by atoms with E-state index in [1.54, 1.807) is 0 Å². The van der Waals surface area contributed by atoms with Crippen LogP contribution in [0.5, 0.6) is 0 Å². The highest BCUT2D eigenvalue weighted by molar-refractivity contribution is 4.83. The van der Waals surface area contributed by atoms with Crippen molar-refractivity contribution < 1.29 is 0 Å². The maximum absolute atomic E-state index is 2.41. The van der Waals surface area contributed by atoms with Crippen LogP contribution in [0.2, 0.25) is 0 Å². The van der Waals surface area contributed by atoms with E-state index >= 15 is 0 Å². The first-order valence-corrected chi connectivity index (χ1v) is 5.31. The largest absolute Gasteiger partial charge is 0.0599 e. The Morgan fingerprint density at radius 2 is 1.42 bits per heavy atom. The zero-order valence-electron chi connectivity index (χ0n) is 9.41. The standard InChI is InChI=1S/C12H24/c1-11(2,3)10-6-8-12(4,5)9-7-10/h10H,6-9H2,1-5H3. The Hall–Kier alpha value is 0. The molecule has 12 heavy (non-hydrogen) atoms. The third-order valence-corrected chi connectivity index (χ3v) is 3.56. The summed E-state index contributed by atoms with van der Waals surface area (Å²) in [5.74, 6) is 0.963. The molecule has 0 spiro atoms. The molecule has 0 radical (unpaired) electrons. The zero-order chi connectivity index (χ0) is 9.41. The minimum absolute atomic E-state index is 0.538. The predicted molar refractivity (Wildman–Crippen MR) is 55.2 cm³/mol. The lowest BCUT2D eigenvalue weighted by atomic mass is 9.65. The van der Waals surface area contributed by atoms with Gasteiger partial charge in [0.2, 0.25) is 0 Å². The Labute approximate surface area is 77.7 Å². The Morgan fingerprint density at radius 1 is 1.00 bits per heavy atom. The smallest absolute Gasteiger partial charge is 0.0354 e. The summed E-state index contributed by atoms with van der Waals surface area (Å²) < 4.78 is 0. The molecule has 0 nitrogen and oxygen atoms in total. The van der Waals surface area contributed by atoms with Gasteiger partial charge in [0.15, 0.2) is 0 Å². The first-order valence-electron chi connectivity index (χ1n) is 5.31. The molecule has 0 N–H and O–H groups in total. The van der Waals surface area contributed by atoms with Gasteiger partial charge in [-0.15, -0.1) is 0 Å². The van der Waals surface area contributed by atoms with Crippen molar-refractivity contribution in [3.05, 3.63) is 0 Å². The van der Waals surface area contributed by atoms with Crippen LogP contribution < -0.4 is 0 Å². The van der Waals surface area contributed by atoms with Crippen LogP contribution in [0.25, 0.3) is 0 Å². The Morgan fingerprint density at radius 3 is 1.75 bits per heavy atom. The lowest BCUT2D eigenvalue weighted by Gasteiger charge is -2.40. The van der Waals surface area contributed by atoms with Crippen LogP contribution >= 0.6 is 0 Å². The number of rotatable bonds is 0. The van der Waals surface area contributed by atoms with Crippen molar-refractivity contribution in [1.29, 1.82) is 0 Å². The molecule has 1 saturated carbocycles. The first-order chi connectivity index (χ1) is 5.31. The summed E-state index contributed by atoms with van der Waals surface area (Å²) in [6.07, 6.45) is 5.73. The van der Waals surface area contributed by atoms with Gasteiger partial charge in [0.1, 0.15) is 0 Å². The lowest BCUT2D eigenvalue weighted by Crippen LogP contribution is -2.29. The van der Waals surface area contributed by atoms with Crippen molar-refractivity contribution in [3.63, 3.8) is 0 Å². The zero-order valence-corrected chi connectivity index (χ0v) is 9.41. The molecular weight excluding hydrogens is 144 g/mol. The van der Waals surface area contributed by atoms with Crippen molar-refractivity contribution in [1.82, 2.24) is 0 Å². The van der Waals surface area contributed by atoms with E-state index < -0.39 is 0 Å². The molecule has 0 heteroatoms. The maximum atomic E-state index is 2.41. The van der Waals surface area contributed by atoms with Crippen molar-refractivity contribution in [2.75, 3.05) is 0 Å². The minimum atomic E-state index is 0.538. The minimum Gasteiger partial charge on any atom is -0.0599 e.